The van der Waals surface area contributed by atoms with E-state index in [0.29, 0.717) is 5.56 Å². The van der Waals surface area contributed by atoms with Crippen LogP contribution in [0.5, 0.6) is 0 Å². The zero-order valence-corrected chi connectivity index (χ0v) is 10.2. The molecule has 2 aromatic rings. The fourth-order valence-corrected chi connectivity index (χ4v) is 1.43. The van der Waals surface area contributed by atoms with Crippen LogP contribution in [0.4, 0.5) is 10.1 Å². The van der Waals surface area contributed by atoms with Gasteiger partial charge in [-0.05, 0) is 28.6 Å². The lowest BCUT2D eigenvalue weighted by molar-refractivity contribution is -0.117. The highest BCUT2D eigenvalue weighted by molar-refractivity contribution is 5.90. The zero-order chi connectivity index (χ0) is 14.4. The molecule has 8 heteroatoms. The Kier molecular flexibility index (Phi) is 4.36. The van der Waals surface area contributed by atoms with E-state index in [2.05, 4.69) is 32.7 Å². The van der Waals surface area contributed by atoms with E-state index < -0.39 is 11.7 Å². The number of hydrogen-bond donors (Lipinski definition) is 2. The first-order chi connectivity index (χ1) is 9.69. The maximum atomic E-state index is 13.7. The second-order valence-electron chi connectivity index (χ2n) is 3.71. The molecule has 20 heavy (non-hydrogen) atoms. The highest BCUT2D eigenvalue weighted by atomic mass is 19.1. The molecule has 2 N–H and O–H groups in total. The zero-order valence-electron chi connectivity index (χ0n) is 10.2. The van der Waals surface area contributed by atoms with Crippen LogP contribution < -0.4 is 5.32 Å². The summed E-state index contributed by atoms with van der Waals surface area (Å²) in [6.45, 7) is -0.412. The number of hydrogen-bond acceptors (Lipinski definition) is 5. The summed E-state index contributed by atoms with van der Waals surface area (Å²) in [6, 6.07) is 4.11. The van der Waals surface area contributed by atoms with E-state index in [9.17, 15) is 9.18 Å². The number of carbonyl (C=O) groups excluding carboxylic acids is 1. The number of amides is 1. The average molecular weight is 275 g/mol. The van der Waals surface area contributed by atoms with Gasteiger partial charge in [-0.1, -0.05) is 11.8 Å². The lowest BCUT2D eigenvalue weighted by Gasteiger charge is -2.06. The van der Waals surface area contributed by atoms with Crippen molar-refractivity contribution in [3.63, 3.8) is 0 Å². The average Bonchev–Trinajstić information content (AvgIpc) is 2.92. The van der Waals surface area contributed by atoms with Crippen LogP contribution in [0, 0.1) is 17.7 Å². The summed E-state index contributed by atoms with van der Waals surface area (Å²) in [5, 5.41) is 21.2. The molecule has 2 rings (SSSR count). The highest BCUT2D eigenvalue weighted by Gasteiger charge is 2.08. The minimum Gasteiger partial charge on any atom is -0.384 e. The molecule has 0 saturated heterocycles. The number of aromatic nitrogens is 4. The van der Waals surface area contributed by atoms with Gasteiger partial charge in [0, 0.05) is 5.56 Å². The maximum Gasteiger partial charge on any atom is 0.246 e. The summed E-state index contributed by atoms with van der Waals surface area (Å²) >= 11 is 0. The third-order valence-corrected chi connectivity index (χ3v) is 2.25. The Bertz CT molecular complexity index is 660. The molecule has 0 aliphatic heterocycles. The summed E-state index contributed by atoms with van der Waals surface area (Å²) in [4.78, 5) is 11.6. The van der Waals surface area contributed by atoms with Crippen molar-refractivity contribution >= 4 is 11.6 Å². The van der Waals surface area contributed by atoms with Crippen LogP contribution >= 0.6 is 0 Å². The molecule has 0 unspecified atom stereocenters. The Hall–Kier alpha value is -2.79. The monoisotopic (exact) mass is 275 g/mol. The molecule has 0 fully saturated rings. The number of nitrogens with one attached hydrogen (secondary N) is 1. The summed E-state index contributed by atoms with van der Waals surface area (Å²) in [6.07, 6.45) is 1.28. The normalized spacial score (nSPS) is 9.70. The molecule has 0 bridgehead atoms. The number of aliphatic hydroxyl groups excluding tert-OH is 1. The van der Waals surface area contributed by atoms with E-state index in [1.54, 1.807) is 6.07 Å². The van der Waals surface area contributed by atoms with Crippen molar-refractivity contribution in [3.8, 4) is 11.8 Å². The van der Waals surface area contributed by atoms with Gasteiger partial charge >= 0.3 is 0 Å². The van der Waals surface area contributed by atoms with Crippen LogP contribution in [0.2, 0.25) is 0 Å². The van der Waals surface area contributed by atoms with Crippen molar-refractivity contribution in [1.29, 1.82) is 0 Å². The van der Waals surface area contributed by atoms with Gasteiger partial charge < -0.3 is 10.4 Å². The third kappa shape index (κ3) is 3.60. The van der Waals surface area contributed by atoms with Crippen molar-refractivity contribution in [1.82, 2.24) is 20.2 Å². The predicted molar refractivity (Wildman–Crippen MR) is 66.8 cm³/mol. The van der Waals surface area contributed by atoms with Crippen molar-refractivity contribution in [2.24, 2.45) is 0 Å². The van der Waals surface area contributed by atoms with E-state index in [4.69, 9.17) is 5.11 Å². The van der Waals surface area contributed by atoms with Gasteiger partial charge in [0.25, 0.3) is 0 Å². The minimum atomic E-state index is -0.611. The van der Waals surface area contributed by atoms with E-state index in [1.807, 2.05) is 0 Å². The number of carbonyl (C=O) groups is 1. The first-order valence-electron chi connectivity index (χ1n) is 5.59. The van der Waals surface area contributed by atoms with E-state index in [0.717, 1.165) is 0 Å². The summed E-state index contributed by atoms with van der Waals surface area (Å²) in [5.41, 5.74) is 0.452. The van der Waals surface area contributed by atoms with Crippen molar-refractivity contribution in [3.05, 3.63) is 35.9 Å². The Morgan fingerprint density at radius 3 is 3.00 bits per heavy atom. The summed E-state index contributed by atoms with van der Waals surface area (Å²) < 4.78 is 14.9. The van der Waals surface area contributed by atoms with Gasteiger partial charge in [0.05, 0.1) is 5.69 Å². The van der Waals surface area contributed by atoms with Crippen LogP contribution in [-0.4, -0.2) is 37.8 Å². The molecule has 0 atom stereocenters. The smallest absolute Gasteiger partial charge is 0.246 e. The Morgan fingerprint density at radius 1 is 1.50 bits per heavy atom. The minimum absolute atomic E-state index is 0.0395. The molecular formula is C12H10FN5O2. The lowest BCUT2D eigenvalue weighted by atomic mass is 10.2. The van der Waals surface area contributed by atoms with E-state index >= 15 is 0 Å². The molecule has 0 saturated carbocycles. The molecule has 1 amide bonds. The van der Waals surface area contributed by atoms with Crippen LogP contribution in [0.25, 0.3) is 0 Å². The van der Waals surface area contributed by atoms with E-state index in [-0.39, 0.29) is 18.8 Å². The fraction of sp³-hybridized carbons (Fsp3) is 0.167. The Balaban J connectivity index is 2.04. The molecule has 0 radical (unpaired) electrons. The standard InChI is InChI=1S/C12H10FN5O2/c13-10-6-9(2-1-5-19)3-4-11(10)15-12(20)7-18-8-14-16-17-18/h3-4,6,8,19H,5,7H2,(H,15,20). The van der Waals surface area contributed by atoms with Crippen LogP contribution in [0.3, 0.4) is 0 Å². The van der Waals surface area contributed by atoms with E-state index in [1.165, 1.54) is 23.1 Å². The molecule has 7 nitrogen and oxygen atoms in total. The second kappa shape index (κ2) is 6.40. The van der Waals surface area contributed by atoms with Crippen molar-refractivity contribution < 1.29 is 14.3 Å². The summed E-state index contributed by atoms with van der Waals surface area (Å²) in [5.74, 6) is 3.91. The maximum absolute atomic E-state index is 13.7. The number of aliphatic hydroxyl groups is 1. The van der Waals surface area contributed by atoms with Crippen LogP contribution in [-0.2, 0) is 11.3 Å². The largest absolute Gasteiger partial charge is 0.384 e. The first kappa shape index (κ1) is 13.6. The lowest BCUT2D eigenvalue weighted by Crippen LogP contribution is -2.19. The highest BCUT2D eigenvalue weighted by Crippen LogP contribution is 2.15. The van der Waals surface area contributed by atoms with Gasteiger partial charge in [0.1, 0.15) is 25.3 Å². The third-order valence-electron chi connectivity index (χ3n) is 2.25. The van der Waals surface area contributed by atoms with Gasteiger partial charge in [-0.3, -0.25) is 4.79 Å². The SMILES string of the molecule is O=C(Cn1cnnn1)Nc1ccc(C#CCO)cc1F. The molecule has 0 spiro atoms. The Labute approximate surface area is 113 Å². The number of nitrogens with zero attached hydrogens (tertiary/aromatic N) is 4. The topological polar surface area (TPSA) is 92.9 Å². The quantitative estimate of drug-likeness (QED) is 0.756. The molecule has 0 aliphatic carbocycles. The second-order valence-corrected chi connectivity index (χ2v) is 3.71. The first-order valence-corrected chi connectivity index (χ1v) is 5.59. The molecular weight excluding hydrogens is 265 g/mol. The number of anilines is 1. The van der Waals surface area contributed by atoms with Gasteiger partial charge in [-0.2, -0.15) is 0 Å². The number of benzene rings is 1. The molecule has 0 aliphatic rings. The molecule has 1 aromatic carbocycles. The van der Waals surface area contributed by atoms with Gasteiger partial charge in [0.2, 0.25) is 5.91 Å². The number of tetrazole rings is 1. The predicted octanol–water partition coefficient (Wildman–Crippen LogP) is -0.205. The van der Waals surface area contributed by atoms with Crippen LogP contribution in [0.15, 0.2) is 24.5 Å². The fourth-order valence-electron chi connectivity index (χ4n) is 1.43. The summed E-state index contributed by atoms with van der Waals surface area (Å²) in [7, 11) is 0. The Morgan fingerprint density at radius 2 is 2.35 bits per heavy atom. The van der Waals surface area contributed by atoms with Gasteiger partial charge in [-0.25, -0.2) is 9.07 Å². The van der Waals surface area contributed by atoms with Gasteiger partial charge in [0.15, 0.2) is 0 Å². The number of halogens is 1. The number of rotatable bonds is 3. The molecule has 1 aromatic heterocycles. The van der Waals surface area contributed by atoms with Crippen LogP contribution in [0.1, 0.15) is 5.56 Å². The van der Waals surface area contributed by atoms with Crippen molar-refractivity contribution in [2.75, 3.05) is 11.9 Å². The van der Waals surface area contributed by atoms with Crippen molar-refractivity contribution in [2.45, 2.75) is 6.54 Å². The molecule has 102 valence electrons. The molecule has 1 heterocycles. The van der Waals surface area contributed by atoms with Gasteiger partial charge in [-0.15, -0.1) is 5.10 Å².